The molecule has 1 saturated heterocycles. The molecule has 0 aliphatic carbocycles. The molecule has 1 heterocycles. The molecular formula is C20H35IN4O2. The van der Waals surface area contributed by atoms with Gasteiger partial charge in [-0.2, -0.15) is 0 Å². The van der Waals surface area contributed by atoms with Crippen LogP contribution < -0.4 is 20.1 Å². The quantitative estimate of drug-likeness (QED) is 0.333. The third-order valence-electron chi connectivity index (χ3n) is 4.93. The van der Waals surface area contributed by atoms with Crippen LogP contribution in [-0.4, -0.2) is 58.3 Å². The van der Waals surface area contributed by atoms with Gasteiger partial charge >= 0.3 is 0 Å². The smallest absolute Gasteiger partial charge is 0.191 e. The van der Waals surface area contributed by atoms with E-state index in [2.05, 4.69) is 29.5 Å². The fraction of sp³-hybridized carbons (Fsp3) is 0.650. The number of nitrogens with zero attached hydrogens (tertiary/aromatic N) is 2. The van der Waals surface area contributed by atoms with E-state index in [4.69, 9.17) is 14.5 Å². The highest BCUT2D eigenvalue weighted by Gasteiger charge is 2.16. The van der Waals surface area contributed by atoms with E-state index < -0.39 is 0 Å². The molecule has 0 amide bonds. The van der Waals surface area contributed by atoms with E-state index in [9.17, 15) is 0 Å². The van der Waals surface area contributed by atoms with Crippen LogP contribution in [0, 0.1) is 5.92 Å². The summed E-state index contributed by atoms with van der Waals surface area (Å²) in [7, 11) is 5.54. The van der Waals surface area contributed by atoms with E-state index in [0.29, 0.717) is 6.54 Å². The summed E-state index contributed by atoms with van der Waals surface area (Å²) < 4.78 is 10.7. The largest absolute Gasteiger partial charge is 0.497 e. The number of hydrogen-bond donors (Lipinski definition) is 2. The molecule has 7 heteroatoms. The maximum Gasteiger partial charge on any atom is 0.191 e. The van der Waals surface area contributed by atoms with Gasteiger partial charge in [-0.1, -0.05) is 0 Å². The average Bonchev–Trinajstić information content (AvgIpc) is 2.67. The van der Waals surface area contributed by atoms with Crippen LogP contribution >= 0.6 is 24.0 Å². The summed E-state index contributed by atoms with van der Waals surface area (Å²) >= 11 is 0. The first-order valence-electron chi connectivity index (χ1n) is 9.57. The molecule has 6 nitrogen and oxygen atoms in total. The maximum atomic E-state index is 5.46. The van der Waals surface area contributed by atoms with Gasteiger partial charge in [0.25, 0.3) is 0 Å². The van der Waals surface area contributed by atoms with Crippen LogP contribution in [0.15, 0.2) is 23.2 Å². The minimum atomic E-state index is 0. The molecule has 0 atom stereocenters. The molecule has 27 heavy (non-hydrogen) atoms. The van der Waals surface area contributed by atoms with Crippen molar-refractivity contribution in [3.8, 4) is 11.5 Å². The van der Waals surface area contributed by atoms with Gasteiger partial charge in [-0.15, -0.1) is 24.0 Å². The standard InChI is InChI=1S/C20H34N4O2.HI/c1-5-21-20(22-11-8-16-9-12-24(2)13-10-16)23-15-17-6-7-18(25-3)14-19(17)26-4;/h6-7,14,16H,5,8-13,15H2,1-4H3,(H2,21,22,23);1H. The van der Waals surface area contributed by atoms with E-state index in [-0.39, 0.29) is 24.0 Å². The van der Waals surface area contributed by atoms with Gasteiger partial charge in [0.15, 0.2) is 5.96 Å². The van der Waals surface area contributed by atoms with Crippen molar-refractivity contribution in [3.05, 3.63) is 23.8 Å². The van der Waals surface area contributed by atoms with Crippen molar-refractivity contribution < 1.29 is 9.47 Å². The maximum absolute atomic E-state index is 5.46. The topological polar surface area (TPSA) is 58.1 Å². The lowest BCUT2D eigenvalue weighted by molar-refractivity contribution is 0.213. The Balaban J connectivity index is 0.00000364. The number of benzene rings is 1. The summed E-state index contributed by atoms with van der Waals surface area (Å²) in [6.07, 6.45) is 3.80. The van der Waals surface area contributed by atoms with Gasteiger partial charge in [0.1, 0.15) is 11.5 Å². The Morgan fingerprint density at radius 3 is 2.56 bits per heavy atom. The number of methoxy groups -OCH3 is 2. The van der Waals surface area contributed by atoms with Crippen molar-refractivity contribution in [2.45, 2.75) is 32.7 Å². The van der Waals surface area contributed by atoms with Gasteiger partial charge in [0.05, 0.1) is 20.8 Å². The Kier molecular flexibility index (Phi) is 11.5. The Hall–Kier alpha value is -1.22. The second-order valence-corrected chi connectivity index (χ2v) is 6.84. The van der Waals surface area contributed by atoms with Crippen molar-refractivity contribution in [1.29, 1.82) is 0 Å². The number of guanidine groups is 1. The first-order valence-corrected chi connectivity index (χ1v) is 9.57. The second-order valence-electron chi connectivity index (χ2n) is 6.84. The average molecular weight is 490 g/mol. The fourth-order valence-electron chi connectivity index (χ4n) is 3.23. The lowest BCUT2D eigenvalue weighted by Crippen LogP contribution is -2.39. The minimum Gasteiger partial charge on any atom is -0.497 e. The molecule has 0 radical (unpaired) electrons. The lowest BCUT2D eigenvalue weighted by Gasteiger charge is -2.29. The lowest BCUT2D eigenvalue weighted by atomic mass is 9.94. The zero-order valence-electron chi connectivity index (χ0n) is 17.1. The van der Waals surface area contributed by atoms with Crippen molar-refractivity contribution in [2.75, 3.05) is 47.4 Å². The van der Waals surface area contributed by atoms with Gasteiger partial charge in [-0.25, -0.2) is 4.99 Å². The van der Waals surface area contributed by atoms with Gasteiger partial charge in [-0.05, 0) is 64.4 Å². The van der Waals surface area contributed by atoms with Gasteiger partial charge in [0.2, 0.25) is 0 Å². The second kappa shape index (κ2) is 13.0. The molecule has 0 spiro atoms. The van der Waals surface area contributed by atoms with Crippen LogP contribution in [0.4, 0.5) is 0 Å². The molecule has 0 bridgehead atoms. The summed E-state index contributed by atoms with van der Waals surface area (Å²) in [4.78, 5) is 7.12. The molecule has 1 aliphatic heterocycles. The molecule has 0 unspecified atom stereocenters. The van der Waals surface area contributed by atoms with Gasteiger partial charge in [0, 0.05) is 24.7 Å². The first kappa shape index (κ1) is 23.8. The summed E-state index contributed by atoms with van der Waals surface area (Å²) in [5.74, 6) is 3.27. The molecule has 1 aromatic carbocycles. The van der Waals surface area contributed by atoms with Gasteiger partial charge in [-0.3, -0.25) is 0 Å². The summed E-state index contributed by atoms with van der Waals surface area (Å²) in [5, 5.41) is 6.79. The predicted octanol–water partition coefficient (Wildman–Crippen LogP) is 3.11. The molecule has 2 rings (SSSR count). The predicted molar refractivity (Wildman–Crippen MR) is 123 cm³/mol. The van der Waals surface area contributed by atoms with Crippen LogP contribution in [0.5, 0.6) is 11.5 Å². The molecule has 2 N–H and O–H groups in total. The van der Waals surface area contributed by atoms with Crippen molar-refractivity contribution in [3.63, 3.8) is 0 Å². The van der Waals surface area contributed by atoms with E-state index in [1.54, 1.807) is 14.2 Å². The van der Waals surface area contributed by atoms with Gasteiger partial charge < -0.3 is 25.0 Å². The highest BCUT2D eigenvalue weighted by atomic mass is 127. The molecule has 1 aliphatic rings. The van der Waals surface area contributed by atoms with Crippen LogP contribution in [0.25, 0.3) is 0 Å². The summed E-state index contributed by atoms with van der Waals surface area (Å²) in [6.45, 7) is 6.89. The van der Waals surface area contributed by atoms with Crippen LogP contribution in [0.2, 0.25) is 0 Å². The SMILES string of the molecule is CCNC(=NCc1ccc(OC)cc1OC)NCCC1CCN(C)CC1.I. The van der Waals surface area contributed by atoms with Crippen LogP contribution in [0.1, 0.15) is 31.7 Å². The Bertz CT molecular complexity index is 575. The molecular weight excluding hydrogens is 455 g/mol. The number of likely N-dealkylation sites (tertiary alicyclic amines) is 1. The van der Waals surface area contributed by atoms with Crippen LogP contribution in [0.3, 0.4) is 0 Å². The molecule has 1 aromatic rings. The third-order valence-corrected chi connectivity index (χ3v) is 4.93. The van der Waals surface area contributed by atoms with Crippen molar-refractivity contribution in [1.82, 2.24) is 15.5 Å². The van der Waals surface area contributed by atoms with Crippen molar-refractivity contribution >= 4 is 29.9 Å². The highest BCUT2D eigenvalue weighted by molar-refractivity contribution is 14.0. The Morgan fingerprint density at radius 2 is 1.93 bits per heavy atom. The normalized spacial score (nSPS) is 15.8. The van der Waals surface area contributed by atoms with E-state index in [1.165, 1.54) is 32.4 Å². The third kappa shape index (κ3) is 8.13. The number of halogens is 1. The minimum absolute atomic E-state index is 0. The number of rotatable bonds is 8. The molecule has 1 fully saturated rings. The summed E-state index contributed by atoms with van der Waals surface area (Å²) in [6, 6.07) is 5.84. The number of aliphatic imine (C=N–C) groups is 1. The van der Waals surface area contributed by atoms with Crippen LogP contribution in [-0.2, 0) is 6.54 Å². The zero-order valence-corrected chi connectivity index (χ0v) is 19.4. The van der Waals surface area contributed by atoms with E-state index in [0.717, 1.165) is 42.0 Å². The van der Waals surface area contributed by atoms with Crippen molar-refractivity contribution in [2.24, 2.45) is 10.9 Å². The number of piperidine rings is 1. The van der Waals surface area contributed by atoms with E-state index >= 15 is 0 Å². The zero-order chi connectivity index (χ0) is 18.8. The Morgan fingerprint density at radius 1 is 1.19 bits per heavy atom. The monoisotopic (exact) mass is 490 g/mol. The fourth-order valence-corrected chi connectivity index (χ4v) is 3.23. The Labute approximate surface area is 181 Å². The molecule has 0 aromatic heterocycles. The van der Waals surface area contributed by atoms with E-state index in [1.807, 2.05) is 18.2 Å². The summed E-state index contributed by atoms with van der Waals surface area (Å²) in [5.41, 5.74) is 1.04. The molecule has 154 valence electrons. The number of ether oxygens (including phenoxy) is 2. The highest BCUT2D eigenvalue weighted by Crippen LogP contribution is 2.25. The first-order chi connectivity index (χ1) is 12.7. The number of nitrogens with one attached hydrogen (secondary N) is 2. The number of hydrogen-bond acceptors (Lipinski definition) is 4. The molecule has 0 saturated carbocycles.